The van der Waals surface area contributed by atoms with Crippen molar-refractivity contribution in [2.45, 2.75) is 5.33 Å². The average molecular weight is 405 g/mol. The van der Waals surface area contributed by atoms with E-state index in [-0.39, 0.29) is 21.7 Å². The van der Waals surface area contributed by atoms with E-state index in [0.717, 1.165) is 0 Å². The molecule has 0 aromatic heterocycles. The number of hydrogen-bond donors (Lipinski definition) is 0. The number of nitro benzene ring substituents is 1. The highest BCUT2D eigenvalue weighted by molar-refractivity contribution is 9.10. The van der Waals surface area contributed by atoms with Crippen LogP contribution in [0.15, 0.2) is 40.9 Å². The van der Waals surface area contributed by atoms with Gasteiger partial charge in [0.1, 0.15) is 10.2 Å². The van der Waals surface area contributed by atoms with Gasteiger partial charge in [-0.3, -0.25) is 10.1 Å². The maximum Gasteiger partial charge on any atom is 0.287 e. The second-order valence-corrected chi connectivity index (χ2v) is 5.16. The van der Waals surface area contributed by atoms with Crippen LogP contribution in [0.25, 0.3) is 0 Å². The number of nitrogens with zero attached hydrogens (tertiary/aromatic N) is 1. The molecule has 2 rings (SSSR count). The lowest BCUT2D eigenvalue weighted by atomic mass is 10.2. The minimum atomic E-state index is -0.538. The summed E-state index contributed by atoms with van der Waals surface area (Å²) in [5.74, 6) is -0.294. The molecule has 0 fully saturated rings. The summed E-state index contributed by atoms with van der Waals surface area (Å²) in [6.45, 7) is 0. The van der Waals surface area contributed by atoms with E-state index in [9.17, 15) is 14.5 Å². The van der Waals surface area contributed by atoms with Crippen LogP contribution >= 0.6 is 31.9 Å². The Morgan fingerprint density at radius 2 is 1.95 bits per heavy atom. The molecule has 20 heavy (non-hydrogen) atoms. The first-order chi connectivity index (χ1) is 9.54. The van der Waals surface area contributed by atoms with Crippen molar-refractivity contribution >= 4 is 37.5 Å². The highest BCUT2D eigenvalue weighted by atomic mass is 79.9. The zero-order chi connectivity index (χ0) is 14.7. The van der Waals surface area contributed by atoms with E-state index in [2.05, 4.69) is 31.9 Å². The van der Waals surface area contributed by atoms with E-state index in [0.29, 0.717) is 10.9 Å². The molecule has 2 aromatic rings. The summed E-state index contributed by atoms with van der Waals surface area (Å²) < 4.78 is 19.5. The molecule has 0 spiro atoms. The number of rotatable bonds is 4. The zero-order valence-electron chi connectivity index (χ0n) is 9.98. The van der Waals surface area contributed by atoms with Crippen molar-refractivity contribution in [3.63, 3.8) is 0 Å². The molecular formula is C13H8Br2FNO3. The minimum absolute atomic E-state index is 0.0468. The largest absolute Gasteiger partial charge is 0.453 e. The topological polar surface area (TPSA) is 52.4 Å². The third-order valence-corrected chi connectivity index (χ3v) is 3.95. The Bertz CT molecular complexity index is 664. The molecule has 0 N–H and O–H groups in total. The van der Waals surface area contributed by atoms with E-state index in [1.165, 1.54) is 24.3 Å². The van der Waals surface area contributed by atoms with Crippen molar-refractivity contribution in [3.8, 4) is 11.5 Å². The summed E-state index contributed by atoms with van der Waals surface area (Å²) in [4.78, 5) is 10.3. The van der Waals surface area contributed by atoms with Gasteiger partial charge in [0, 0.05) is 17.0 Å². The third-order valence-electron chi connectivity index (χ3n) is 2.54. The SMILES string of the molecule is O=[N+]([O-])c1cccc(Oc2c(F)cccc2CBr)c1Br. The van der Waals surface area contributed by atoms with Gasteiger partial charge < -0.3 is 4.74 Å². The van der Waals surface area contributed by atoms with Gasteiger partial charge in [0.05, 0.1) is 4.92 Å². The molecule has 4 nitrogen and oxygen atoms in total. The predicted octanol–water partition coefficient (Wildman–Crippen LogP) is 5.18. The average Bonchev–Trinajstić information content (AvgIpc) is 2.42. The molecule has 0 aliphatic rings. The number of halogens is 3. The Hall–Kier alpha value is -1.47. The predicted molar refractivity (Wildman–Crippen MR) is 79.9 cm³/mol. The highest BCUT2D eigenvalue weighted by Gasteiger charge is 2.18. The van der Waals surface area contributed by atoms with Gasteiger partial charge in [-0.25, -0.2) is 4.39 Å². The van der Waals surface area contributed by atoms with E-state index >= 15 is 0 Å². The number of para-hydroxylation sites is 1. The molecule has 0 atom stereocenters. The van der Waals surface area contributed by atoms with Crippen molar-refractivity contribution in [2.24, 2.45) is 0 Å². The fourth-order valence-corrected chi connectivity index (χ4v) is 2.53. The molecule has 0 saturated carbocycles. The van der Waals surface area contributed by atoms with Crippen molar-refractivity contribution in [1.82, 2.24) is 0 Å². The zero-order valence-corrected chi connectivity index (χ0v) is 13.1. The maximum atomic E-state index is 13.8. The molecule has 0 aliphatic heterocycles. The van der Waals surface area contributed by atoms with Gasteiger partial charge in [-0.1, -0.05) is 34.1 Å². The Morgan fingerprint density at radius 1 is 1.25 bits per heavy atom. The van der Waals surface area contributed by atoms with E-state index < -0.39 is 10.7 Å². The minimum Gasteiger partial charge on any atom is -0.453 e. The van der Waals surface area contributed by atoms with Crippen LogP contribution in [0.4, 0.5) is 10.1 Å². The number of ether oxygens (including phenoxy) is 1. The fourth-order valence-electron chi connectivity index (χ4n) is 1.60. The van der Waals surface area contributed by atoms with Gasteiger partial charge in [0.2, 0.25) is 0 Å². The lowest BCUT2D eigenvalue weighted by Crippen LogP contribution is -1.96. The summed E-state index contributed by atoms with van der Waals surface area (Å²) in [7, 11) is 0. The van der Waals surface area contributed by atoms with Crippen LogP contribution < -0.4 is 4.74 Å². The summed E-state index contributed by atoms with van der Waals surface area (Å²) in [5, 5.41) is 11.3. The summed E-state index contributed by atoms with van der Waals surface area (Å²) in [6, 6.07) is 8.89. The second kappa shape index (κ2) is 6.32. The molecule has 0 bridgehead atoms. The number of benzene rings is 2. The van der Waals surface area contributed by atoms with E-state index in [1.807, 2.05) is 0 Å². The number of hydrogen-bond acceptors (Lipinski definition) is 3. The monoisotopic (exact) mass is 403 g/mol. The lowest BCUT2D eigenvalue weighted by Gasteiger charge is -2.11. The Balaban J connectivity index is 2.46. The highest BCUT2D eigenvalue weighted by Crippen LogP contribution is 2.38. The molecular weight excluding hydrogens is 397 g/mol. The van der Waals surface area contributed by atoms with Crippen LogP contribution in [0.5, 0.6) is 11.5 Å². The molecule has 7 heteroatoms. The Morgan fingerprint density at radius 3 is 2.60 bits per heavy atom. The van der Waals surface area contributed by atoms with E-state index in [4.69, 9.17) is 4.74 Å². The normalized spacial score (nSPS) is 10.3. The molecule has 0 aliphatic carbocycles. The molecule has 2 aromatic carbocycles. The number of alkyl halides is 1. The summed E-state index contributed by atoms with van der Waals surface area (Å²) >= 11 is 6.35. The molecule has 0 saturated heterocycles. The Kier molecular flexibility index (Phi) is 4.72. The van der Waals surface area contributed by atoms with Gasteiger partial charge in [-0.05, 0) is 28.1 Å². The van der Waals surface area contributed by atoms with Crippen LogP contribution in [0.1, 0.15) is 5.56 Å². The van der Waals surface area contributed by atoms with Crippen LogP contribution in [0.2, 0.25) is 0 Å². The molecule has 0 radical (unpaired) electrons. The van der Waals surface area contributed by atoms with Crippen LogP contribution in [-0.4, -0.2) is 4.92 Å². The fraction of sp³-hybridized carbons (Fsp3) is 0.0769. The van der Waals surface area contributed by atoms with Gasteiger partial charge in [0.25, 0.3) is 5.69 Å². The Labute approximate surface area is 131 Å². The second-order valence-electron chi connectivity index (χ2n) is 3.81. The first-order valence-electron chi connectivity index (χ1n) is 5.48. The van der Waals surface area contributed by atoms with Crippen LogP contribution in [0.3, 0.4) is 0 Å². The van der Waals surface area contributed by atoms with Gasteiger partial charge >= 0.3 is 0 Å². The molecule has 104 valence electrons. The lowest BCUT2D eigenvalue weighted by molar-refractivity contribution is -0.385. The van der Waals surface area contributed by atoms with Crippen molar-refractivity contribution in [1.29, 1.82) is 0 Å². The molecule has 0 amide bonds. The van der Waals surface area contributed by atoms with Crippen LogP contribution in [-0.2, 0) is 5.33 Å². The smallest absolute Gasteiger partial charge is 0.287 e. The number of nitro groups is 1. The maximum absolute atomic E-state index is 13.8. The first kappa shape index (κ1) is 14.9. The quantitative estimate of drug-likeness (QED) is 0.400. The van der Waals surface area contributed by atoms with Crippen molar-refractivity contribution < 1.29 is 14.1 Å². The van der Waals surface area contributed by atoms with Crippen molar-refractivity contribution in [3.05, 3.63) is 62.4 Å². The molecule has 0 heterocycles. The molecule has 0 unspecified atom stereocenters. The van der Waals surface area contributed by atoms with E-state index in [1.54, 1.807) is 12.1 Å². The standard InChI is InChI=1S/C13H8Br2FNO3/c14-7-8-3-1-4-9(16)13(8)20-11-6-2-5-10(12(11)15)17(18)19/h1-6H,7H2. The third kappa shape index (κ3) is 2.99. The first-order valence-corrected chi connectivity index (χ1v) is 7.40. The van der Waals surface area contributed by atoms with Gasteiger partial charge in [0.15, 0.2) is 11.6 Å². The summed E-state index contributed by atoms with van der Waals surface area (Å²) in [6.07, 6.45) is 0. The van der Waals surface area contributed by atoms with Crippen LogP contribution in [0, 0.1) is 15.9 Å². The van der Waals surface area contributed by atoms with Gasteiger partial charge in [-0.15, -0.1) is 0 Å². The summed E-state index contributed by atoms with van der Waals surface area (Å²) in [5.41, 5.74) is 0.475. The van der Waals surface area contributed by atoms with Gasteiger partial charge in [-0.2, -0.15) is 0 Å². The van der Waals surface area contributed by atoms with Crippen molar-refractivity contribution in [2.75, 3.05) is 0 Å².